The van der Waals surface area contributed by atoms with Gasteiger partial charge in [-0.25, -0.2) is 4.79 Å². The van der Waals surface area contributed by atoms with Gasteiger partial charge in [-0.15, -0.1) is 11.3 Å². The van der Waals surface area contributed by atoms with Gasteiger partial charge in [-0.05, 0) is 33.3 Å². The Bertz CT molecular complexity index is 732. The number of hydrogen-bond donors (Lipinski definition) is 0. The summed E-state index contributed by atoms with van der Waals surface area (Å²) in [6.07, 6.45) is 12.7. The van der Waals surface area contributed by atoms with Crippen LogP contribution in [0.1, 0.15) is 91.9 Å². The molecule has 1 aromatic carbocycles. The summed E-state index contributed by atoms with van der Waals surface area (Å²) in [6, 6.07) is 8.28. The first kappa shape index (κ1) is 23.7. The van der Waals surface area contributed by atoms with Crippen LogP contribution in [0, 0.1) is 0 Å². The number of benzene rings is 1. The maximum absolute atomic E-state index is 12.9. The normalized spacial score (nSPS) is 11.7. The Labute approximate surface area is 181 Å². The van der Waals surface area contributed by atoms with Crippen molar-refractivity contribution in [1.82, 2.24) is 0 Å². The van der Waals surface area contributed by atoms with Crippen LogP contribution in [-0.2, 0) is 4.74 Å². The molecule has 2 rings (SSSR count). The molecule has 1 heterocycles. The van der Waals surface area contributed by atoms with E-state index >= 15 is 0 Å². The molecule has 2 aromatic rings. The van der Waals surface area contributed by atoms with E-state index in [1.54, 1.807) is 11.3 Å². The average molecular weight is 418 g/mol. The molecule has 0 radical (unpaired) electrons. The molecule has 0 spiro atoms. The highest BCUT2D eigenvalue weighted by molar-refractivity contribution is 7.17. The average Bonchev–Trinajstić information content (AvgIpc) is 3.08. The maximum Gasteiger partial charge on any atom is 0.414 e. The van der Waals surface area contributed by atoms with Crippen molar-refractivity contribution in [1.29, 1.82) is 0 Å². The first-order chi connectivity index (χ1) is 13.9. The van der Waals surface area contributed by atoms with Gasteiger partial charge in [0.25, 0.3) is 0 Å². The summed E-state index contributed by atoms with van der Waals surface area (Å²) in [5.74, 6) is 0. The number of ether oxygens (including phenoxy) is 1. The van der Waals surface area contributed by atoms with Gasteiger partial charge < -0.3 is 4.74 Å². The standard InChI is InChI=1S/C25H39NO2S/c1-5-6-7-8-9-10-11-12-13-16-19-26(24(27)28-25(2,3)4)22-20-29-23-18-15-14-17-21(22)23/h14-15,17-18,20H,5-13,16,19H2,1-4H3. The smallest absolute Gasteiger partial charge is 0.414 e. The van der Waals surface area contributed by atoms with Crippen molar-refractivity contribution in [3.63, 3.8) is 0 Å². The molecule has 29 heavy (non-hydrogen) atoms. The zero-order valence-electron chi connectivity index (χ0n) is 18.8. The van der Waals surface area contributed by atoms with Gasteiger partial charge in [0, 0.05) is 22.0 Å². The summed E-state index contributed by atoms with van der Waals surface area (Å²) in [7, 11) is 0. The summed E-state index contributed by atoms with van der Waals surface area (Å²) < 4.78 is 6.91. The van der Waals surface area contributed by atoms with Crippen molar-refractivity contribution in [2.45, 2.75) is 97.5 Å². The molecular weight excluding hydrogens is 378 g/mol. The van der Waals surface area contributed by atoms with E-state index in [9.17, 15) is 4.79 Å². The fourth-order valence-electron chi connectivity index (χ4n) is 3.56. The fourth-order valence-corrected chi connectivity index (χ4v) is 4.51. The fraction of sp³-hybridized carbons (Fsp3) is 0.640. The van der Waals surface area contributed by atoms with Gasteiger partial charge in [0.2, 0.25) is 0 Å². The van der Waals surface area contributed by atoms with E-state index in [0.717, 1.165) is 23.9 Å². The zero-order valence-corrected chi connectivity index (χ0v) is 19.7. The number of nitrogens with zero attached hydrogens (tertiary/aromatic N) is 1. The Morgan fingerprint density at radius 2 is 1.52 bits per heavy atom. The van der Waals surface area contributed by atoms with Crippen LogP contribution >= 0.6 is 11.3 Å². The summed E-state index contributed by atoms with van der Waals surface area (Å²) in [5.41, 5.74) is 0.495. The molecule has 3 nitrogen and oxygen atoms in total. The van der Waals surface area contributed by atoms with Gasteiger partial charge in [0.15, 0.2) is 0 Å². The Balaban J connectivity index is 1.86. The molecule has 0 aliphatic rings. The van der Waals surface area contributed by atoms with Gasteiger partial charge in [0.05, 0.1) is 5.69 Å². The Hall–Kier alpha value is -1.55. The van der Waals surface area contributed by atoms with Crippen molar-refractivity contribution in [2.24, 2.45) is 0 Å². The maximum atomic E-state index is 12.9. The van der Waals surface area contributed by atoms with Crippen molar-refractivity contribution in [3.8, 4) is 0 Å². The second kappa shape index (κ2) is 12.2. The molecule has 4 heteroatoms. The van der Waals surface area contributed by atoms with Gasteiger partial charge >= 0.3 is 6.09 Å². The summed E-state index contributed by atoms with van der Waals surface area (Å²) >= 11 is 1.69. The number of carbonyl (C=O) groups is 1. The minimum Gasteiger partial charge on any atom is -0.443 e. The first-order valence-corrected chi connectivity index (χ1v) is 12.3. The lowest BCUT2D eigenvalue weighted by atomic mass is 10.1. The lowest BCUT2D eigenvalue weighted by Crippen LogP contribution is -2.37. The number of thiophene rings is 1. The molecule has 1 amide bonds. The van der Waals surface area contributed by atoms with E-state index < -0.39 is 5.60 Å². The van der Waals surface area contributed by atoms with Crippen molar-refractivity contribution >= 4 is 33.2 Å². The van der Waals surface area contributed by atoms with Crippen molar-refractivity contribution < 1.29 is 9.53 Å². The minimum absolute atomic E-state index is 0.239. The summed E-state index contributed by atoms with van der Waals surface area (Å²) in [4.78, 5) is 14.7. The largest absolute Gasteiger partial charge is 0.443 e. The predicted octanol–water partition coefficient (Wildman–Crippen LogP) is 8.56. The quantitative estimate of drug-likeness (QED) is 0.324. The highest BCUT2D eigenvalue weighted by atomic mass is 32.1. The third kappa shape index (κ3) is 8.38. The Morgan fingerprint density at radius 1 is 0.931 bits per heavy atom. The number of amides is 1. The molecule has 0 bridgehead atoms. The van der Waals surface area contributed by atoms with E-state index in [0.29, 0.717) is 6.54 Å². The molecule has 0 atom stereocenters. The second-order valence-corrected chi connectivity index (χ2v) is 9.84. The lowest BCUT2D eigenvalue weighted by molar-refractivity contribution is 0.0580. The van der Waals surface area contributed by atoms with Crippen molar-refractivity contribution in [3.05, 3.63) is 29.6 Å². The molecule has 0 aliphatic carbocycles. The molecule has 0 aliphatic heterocycles. The second-order valence-electron chi connectivity index (χ2n) is 8.93. The third-order valence-corrected chi connectivity index (χ3v) is 6.05. The highest BCUT2D eigenvalue weighted by Crippen LogP contribution is 2.34. The minimum atomic E-state index is -0.487. The van der Waals surface area contributed by atoms with E-state index in [-0.39, 0.29) is 6.09 Å². The van der Waals surface area contributed by atoms with Crippen LogP contribution < -0.4 is 4.90 Å². The Kier molecular flexibility index (Phi) is 9.99. The van der Waals surface area contributed by atoms with E-state index in [1.165, 1.54) is 56.1 Å². The number of unbranched alkanes of at least 4 members (excludes halogenated alkanes) is 9. The van der Waals surface area contributed by atoms with Gasteiger partial charge in [0.1, 0.15) is 5.60 Å². The van der Waals surface area contributed by atoms with Crippen LogP contribution in [0.2, 0.25) is 0 Å². The van der Waals surface area contributed by atoms with E-state index in [2.05, 4.69) is 24.4 Å². The van der Waals surface area contributed by atoms with Gasteiger partial charge in [-0.1, -0.05) is 82.9 Å². The molecule has 0 unspecified atom stereocenters. The Morgan fingerprint density at radius 3 is 2.14 bits per heavy atom. The number of anilines is 1. The molecule has 0 saturated carbocycles. The van der Waals surface area contributed by atoms with Crippen LogP contribution in [0.3, 0.4) is 0 Å². The summed E-state index contributed by atoms with van der Waals surface area (Å²) in [5, 5.41) is 3.22. The number of hydrogen-bond acceptors (Lipinski definition) is 3. The van der Waals surface area contributed by atoms with E-state index in [1.807, 2.05) is 37.8 Å². The highest BCUT2D eigenvalue weighted by Gasteiger charge is 2.25. The first-order valence-electron chi connectivity index (χ1n) is 11.4. The van der Waals surface area contributed by atoms with Gasteiger partial charge in [-0.3, -0.25) is 4.90 Å². The van der Waals surface area contributed by atoms with Crippen LogP contribution in [0.5, 0.6) is 0 Å². The van der Waals surface area contributed by atoms with Crippen molar-refractivity contribution in [2.75, 3.05) is 11.4 Å². The molecule has 0 N–H and O–H groups in total. The topological polar surface area (TPSA) is 29.5 Å². The lowest BCUT2D eigenvalue weighted by Gasteiger charge is -2.27. The summed E-state index contributed by atoms with van der Waals surface area (Å²) in [6.45, 7) is 8.76. The monoisotopic (exact) mass is 417 g/mol. The van der Waals surface area contributed by atoms with E-state index in [4.69, 9.17) is 4.74 Å². The SMILES string of the molecule is CCCCCCCCCCCCN(C(=O)OC(C)(C)C)c1csc2ccccc12. The van der Waals surface area contributed by atoms with Crippen LogP contribution in [0.15, 0.2) is 29.6 Å². The van der Waals surface area contributed by atoms with Crippen LogP contribution in [0.4, 0.5) is 10.5 Å². The van der Waals surface area contributed by atoms with Crippen LogP contribution in [-0.4, -0.2) is 18.2 Å². The predicted molar refractivity (Wildman–Crippen MR) is 127 cm³/mol. The molecule has 0 saturated heterocycles. The molecule has 0 fully saturated rings. The molecule has 1 aromatic heterocycles. The van der Waals surface area contributed by atoms with Crippen LogP contribution in [0.25, 0.3) is 10.1 Å². The third-order valence-electron chi connectivity index (χ3n) is 5.10. The molecular formula is C25H39NO2S. The number of fused-ring (bicyclic) bond motifs is 1. The number of rotatable bonds is 12. The number of carbonyl (C=O) groups excluding carboxylic acids is 1. The molecule has 162 valence electrons. The van der Waals surface area contributed by atoms with Gasteiger partial charge in [-0.2, -0.15) is 0 Å². The zero-order chi connectivity index (χ0) is 21.1.